The number of carbonyl (C=O) groups is 2. The van der Waals surface area contributed by atoms with Gasteiger partial charge in [-0.2, -0.15) is 26.3 Å². The molecular weight excluding hydrogens is 528 g/mol. The molecule has 2 atom stereocenters. The van der Waals surface area contributed by atoms with Crippen molar-refractivity contribution in [3.8, 4) is 0 Å². The summed E-state index contributed by atoms with van der Waals surface area (Å²) in [7, 11) is 0. The predicted molar refractivity (Wildman–Crippen MR) is 119 cm³/mol. The molecule has 0 amide bonds. The van der Waals surface area contributed by atoms with E-state index in [1.165, 1.54) is 12.0 Å². The van der Waals surface area contributed by atoms with Crippen LogP contribution in [0.5, 0.6) is 0 Å². The molecule has 2 aromatic heterocycles. The van der Waals surface area contributed by atoms with E-state index in [9.17, 15) is 26.3 Å². The first-order valence-electron chi connectivity index (χ1n) is 11.1. The van der Waals surface area contributed by atoms with Crippen LogP contribution in [0.25, 0.3) is 0 Å². The van der Waals surface area contributed by atoms with Crippen molar-refractivity contribution in [1.29, 1.82) is 0 Å². The molecule has 2 aliphatic rings. The van der Waals surface area contributed by atoms with E-state index < -0.39 is 24.3 Å². The van der Waals surface area contributed by atoms with Crippen LogP contribution < -0.4 is 5.32 Å². The van der Waals surface area contributed by atoms with Gasteiger partial charge in [0.1, 0.15) is 0 Å². The van der Waals surface area contributed by atoms with Crippen molar-refractivity contribution in [2.45, 2.75) is 49.8 Å². The zero-order valence-electron chi connectivity index (χ0n) is 19.7. The fourth-order valence-electron chi connectivity index (χ4n) is 3.85. The Bertz CT molecular complexity index is 1000. The molecule has 210 valence electrons. The molecule has 16 heteroatoms. The van der Waals surface area contributed by atoms with Gasteiger partial charge in [0.2, 0.25) is 5.95 Å². The number of anilines is 1. The average molecular weight is 553 g/mol. The number of piperidine rings is 1. The van der Waals surface area contributed by atoms with E-state index in [4.69, 9.17) is 24.5 Å². The van der Waals surface area contributed by atoms with Crippen LogP contribution >= 0.6 is 0 Å². The van der Waals surface area contributed by atoms with Gasteiger partial charge in [0, 0.05) is 44.3 Å². The highest BCUT2D eigenvalue weighted by Gasteiger charge is 2.43. The number of carboxylic acid groups (broad SMARTS) is 2. The van der Waals surface area contributed by atoms with Crippen molar-refractivity contribution in [1.82, 2.24) is 19.9 Å². The lowest BCUT2D eigenvalue weighted by molar-refractivity contribution is -0.193. The minimum absolute atomic E-state index is 0.0348. The minimum atomic E-state index is -5.08. The number of ether oxygens (including phenoxy) is 1. The molecule has 4 heterocycles. The first kappa shape index (κ1) is 30.7. The molecule has 2 aliphatic heterocycles. The monoisotopic (exact) mass is 553 g/mol. The minimum Gasteiger partial charge on any atom is -0.475 e. The third kappa shape index (κ3) is 10.5. The topological polar surface area (TPSA) is 138 Å². The first-order valence-corrected chi connectivity index (χ1v) is 11.1. The van der Waals surface area contributed by atoms with E-state index in [0.717, 1.165) is 39.1 Å². The second-order valence-corrected chi connectivity index (χ2v) is 8.39. The normalized spacial score (nSPS) is 21.5. The molecule has 4 rings (SSSR count). The Kier molecular flexibility index (Phi) is 10.8. The number of rotatable bonds is 4. The fraction of sp³-hybridized carbons (Fsp3) is 0.500. The number of nitrogens with one attached hydrogen (secondary N) is 1. The Labute approximate surface area is 212 Å². The molecule has 10 nitrogen and oxygen atoms in total. The Morgan fingerprint density at radius 1 is 1.05 bits per heavy atom. The van der Waals surface area contributed by atoms with Crippen LogP contribution in [0.4, 0.5) is 32.3 Å². The predicted octanol–water partition coefficient (Wildman–Crippen LogP) is 3.37. The van der Waals surface area contributed by atoms with Gasteiger partial charge >= 0.3 is 24.3 Å². The summed E-state index contributed by atoms with van der Waals surface area (Å²) in [6.45, 7) is 3.77. The Morgan fingerprint density at radius 3 is 2.18 bits per heavy atom. The summed E-state index contributed by atoms with van der Waals surface area (Å²) < 4.78 is 69.7. The molecule has 2 aromatic rings. The smallest absolute Gasteiger partial charge is 0.475 e. The van der Waals surface area contributed by atoms with Gasteiger partial charge in [0.05, 0.1) is 18.2 Å². The third-order valence-corrected chi connectivity index (χ3v) is 5.34. The lowest BCUT2D eigenvalue weighted by Crippen LogP contribution is -2.47. The summed E-state index contributed by atoms with van der Waals surface area (Å²) in [4.78, 5) is 33.0. The summed E-state index contributed by atoms with van der Waals surface area (Å²) >= 11 is 0. The van der Waals surface area contributed by atoms with Gasteiger partial charge in [0.25, 0.3) is 0 Å². The van der Waals surface area contributed by atoms with Crippen LogP contribution in [-0.2, 0) is 20.9 Å². The second kappa shape index (κ2) is 13.3. The van der Waals surface area contributed by atoms with Crippen molar-refractivity contribution in [3.05, 3.63) is 48.5 Å². The number of nitrogens with zero attached hydrogens (tertiary/aromatic N) is 4. The maximum absolute atomic E-state index is 10.6. The van der Waals surface area contributed by atoms with Crippen LogP contribution in [0.2, 0.25) is 0 Å². The standard InChI is InChI=1S/C18H23N5O.2C2HF3O2/c1-4-15(11-19-6-1)12-23-9-2-5-18(14-23)10-16(13-24-18)22-17-20-7-3-8-21-17;2*3-2(4,5)1(6)7/h1,3-4,6-8,11,16H,2,5,9-10,12-14H2,(H,20,21,22);2*(H,6,7). The summed E-state index contributed by atoms with van der Waals surface area (Å²) in [5, 5.41) is 17.7. The molecule has 0 saturated carbocycles. The van der Waals surface area contributed by atoms with Crippen molar-refractivity contribution < 1.29 is 50.9 Å². The molecule has 2 saturated heterocycles. The number of hydrogen-bond donors (Lipinski definition) is 3. The van der Waals surface area contributed by atoms with E-state index in [-0.39, 0.29) is 11.6 Å². The van der Waals surface area contributed by atoms with Crippen LogP contribution in [0, 0.1) is 0 Å². The average Bonchev–Trinajstić information content (AvgIpc) is 3.21. The molecule has 0 bridgehead atoms. The molecule has 2 fully saturated rings. The van der Waals surface area contributed by atoms with Gasteiger partial charge in [-0.15, -0.1) is 0 Å². The lowest BCUT2D eigenvalue weighted by Gasteiger charge is -2.39. The number of pyridine rings is 1. The van der Waals surface area contributed by atoms with E-state index in [1.54, 1.807) is 12.4 Å². The first-order chi connectivity index (χ1) is 17.7. The quantitative estimate of drug-likeness (QED) is 0.483. The molecular formula is C22H25F6N5O5. The lowest BCUT2D eigenvalue weighted by atomic mass is 9.88. The Balaban J connectivity index is 0.000000301. The largest absolute Gasteiger partial charge is 0.490 e. The maximum Gasteiger partial charge on any atom is 0.490 e. The van der Waals surface area contributed by atoms with Gasteiger partial charge in [-0.3, -0.25) is 9.88 Å². The van der Waals surface area contributed by atoms with Crippen molar-refractivity contribution >= 4 is 17.9 Å². The van der Waals surface area contributed by atoms with E-state index in [0.29, 0.717) is 5.95 Å². The summed E-state index contributed by atoms with van der Waals surface area (Å²) in [6, 6.07) is 6.25. The van der Waals surface area contributed by atoms with Gasteiger partial charge in [-0.05, 0) is 37.1 Å². The van der Waals surface area contributed by atoms with Crippen LogP contribution in [0.3, 0.4) is 0 Å². The number of carboxylic acids is 2. The second-order valence-electron chi connectivity index (χ2n) is 8.39. The molecule has 0 aromatic carbocycles. The number of aliphatic carboxylic acids is 2. The van der Waals surface area contributed by atoms with Crippen molar-refractivity contribution in [2.75, 3.05) is 25.0 Å². The SMILES string of the molecule is O=C(O)C(F)(F)F.O=C(O)C(F)(F)F.c1cnc(NC2COC3(CCCN(Cc4cccnc4)C3)C2)nc1. The highest BCUT2D eigenvalue weighted by molar-refractivity contribution is 5.73. The zero-order valence-corrected chi connectivity index (χ0v) is 19.7. The van der Waals surface area contributed by atoms with Crippen molar-refractivity contribution in [2.24, 2.45) is 0 Å². The number of likely N-dealkylation sites (tertiary alicyclic amines) is 1. The number of alkyl halides is 6. The van der Waals surface area contributed by atoms with E-state index in [2.05, 4.69) is 31.2 Å². The molecule has 1 spiro atoms. The molecule has 38 heavy (non-hydrogen) atoms. The summed E-state index contributed by atoms with van der Waals surface area (Å²) in [5.74, 6) is -4.83. The zero-order chi connectivity index (χ0) is 28.4. The van der Waals surface area contributed by atoms with Crippen LogP contribution in [0.15, 0.2) is 43.0 Å². The number of halogens is 6. The van der Waals surface area contributed by atoms with Crippen LogP contribution in [0.1, 0.15) is 24.8 Å². The maximum atomic E-state index is 10.6. The number of hydrogen-bond acceptors (Lipinski definition) is 8. The van der Waals surface area contributed by atoms with Gasteiger partial charge in [-0.1, -0.05) is 6.07 Å². The number of aromatic nitrogens is 3. The van der Waals surface area contributed by atoms with Crippen LogP contribution in [-0.4, -0.2) is 85.7 Å². The van der Waals surface area contributed by atoms with Gasteiger partial charge in [-0.25, -0.2) is 19.6 Å². The Morgan fingerprint density at radius 2 is 1.66 bits per heavy atom. The highest BCUT2D eigenvalue weighted by Crippen LogP contribution is 2.36. The third-order valence-electron chi connectivity index (χ3n) is 5.34. The molecule has 0 aliphatic carbocycles. The van der Waals surface area contributed by atoms with E-state index in [1.807, 2.05) is 24.5 Å². The molecule has 2 unspecified atom stereocenters. The van der Waals surface area contributed by atoms with E-state index >= 15 is 0 Å². The van der Waals surface area contributed by atoms with Gasteiger partial charge < -0.3 is 20.3 Å². The summed E-state index contributed by atoms with van der Waals surface area (Å²) in [5.41, 5.74) is 1.23. The molecule has 0 radical (unpaired) electrons. The Hall–Kier alpha value is -3.53. The molecule has 3 N–H and O–H groups in total. The van der Waals surface area contributed by atoms with Crippen molar-refractivity contribution in [3.63, 3.8) is 0 Å². The van der Waals surface area contributed by atoms with Gasteiger partial charge in [0.15, 0.2) is 0 Å². The summed E-state index contributed by atoms with van der Waals surface area (Å²) in [6.07, 6.45) is 0.444. The highest BCUT2D eigenvalue weighted by atomic mass is 19.4. The fourth-order valence-corrected chi connectivity index (χ4v) is 3.85.